The number of carbonyl (C=O) groups excluding carboxylic acids is 1. The molecule has 0 aliphatic carbocycles. The predicted molar refractivity (Wildman–Crippen MR) is 86.9 cm³/mol. The van der Waals surface area contributed by atoms with Gasteiger partial charge in [0.1, 0.15) is 0 Å². The maximum Gasteiger partial charge on any atom is 0.306 e. The Labute approximate surface area is 126 Å². The van der Waals surface area contributed by atoms with E-state index in [0.717, 1.165) is 19.3 Å². The first-order valence-electron chi connectivity index (χ1n) is 8.90. The van der Waals surface area contributed by atoms with Gasteiger partial charge in [-0.25, -0.2) is 0 Å². The molecule has 0 heterocycles. The van der Waals surface area contributed by atoms with Gasteiger partial charge in [-0.05, 0) is 19.8 Å². The molecule has 0 bridgehead atoms. The highest BCUT2D eigenvalue weighted by Crippen LogP contribution is 2.11. The fourth-order valence-corrected chi connectivity index (χ4v) is 2.41. The Hall–Kier alpha value is -0.530. The van der Waals surface area contributed by atoms with Crippen molar-refractivity contribution in [3.8, 4) is 0 Å². The third-order valence-electron chi connectivity index (χ3n) is 3.78. The first-order chi connectivity index (χ1) is 9.70. The molecule has 0 rings (SSSR count). The van der Waals surface area contributed by atoms with Gasteiger partial charge in [0.05, 0.1) is 6.10 Å². The molecule has 0 saturated carbocycles. The van der Waals surface area contributed by atoms with Crippen LogP contribution in [-0.2, 0) is 9.53 Å². The summed E-state index contributed by atoms with van der Waals surface area (Å²) in [5, 5.41) is 0. The van der Waals surface area contributed by atoms with Gasteiger partial charge in [0, 0.05) is 6.42 Å². The quantitative estimate of drug-likeness (QED) is 0.287. The minimum Gasteiger partial charge on any atom is -0.463 e. The van der Waals surface area contributed by atoms with E-state index < -0.39 is 0 Å². The molecule has 0 aromatic carbocycles. The third kappa shape index (κ3) is 13.9. The highest BCUT2D eigenvalue weighted by Gasteiger charge is 2.08. The molecule has 0 spiro atoms. The summed E-state index contributed by atoms with van der Waals surface area (Å²) in [6.07, 6.45) is 15.6. The molecule has 0 saturated heterocycles. The summed E-state index contributed by atoms with van der Waals surface area (Å²) >= 11 is 0. The van der Waals surface area contributed by atoms with Gasteiger partial charge in [-0.1, -0.05) is 78.1 Å². The lowest BCUT2D eigenvalue weighted by Crippen LogP contribution is -2.14. The zero-order chi connectivity index (χ0) is 15.1. The molecule has 2 nitrogen and oxygen atoms in total. The monoisotopic (exact) mass is 284 g/mol. The molecule has 0 aliphatic rings. The fraction of sp³-hybridized carbons (Fsp3) is 0.944. The van der Waals surface area contributed by atoms with E-state index in [1.807, 2.05) is 6.92 Å². The minimum absolute atomic E-state index is 0.00320. The van der Waals surface area contributed by atoms with E-state index in [0.29, 0.717) is 6.42 Å². The molecule has 0 amide bonds. The second kappa shape index (κ2) is 14.9. The number of rotatable bonds is 14. The Morgan fingerprint density at radius 3 is 1.85 bits per heavy atom. The van der Waals surface area contributed by atoms with Crippen LogP contribution in [0.2, 0.25) is 0 Å². The maximum atomic E-state index is 11.6. The smallest absolute Gasteiger partial charge is 0.306 e. The van der Waals surface area contributed by atoms with Gasteiger partial charge in [0.2, 0.25) is 0 Å². The summed E-state index contributed by atoms with van der Waals surface area (Å²) in [5.74, 6) is -0.00320. The molecule has 0 aromatic heterocycles. The Balaban J connectivity index is 3.26. The van der Waals surface area contributed by atoms with Crippen LogP contribution in [0.1, 0.15) is 104 Å². The van der Waals surface area contributed by atoms with Crippen molar-refractivity contribution in [1.82, 2.24) is 0 Å². The molecular weight excluding hydrogens is 248 g/mol. The van der Waals surface area contributed by atoms with E-state index in [-0.39, 0.29) is 12.1 Å². The molecule has 0 radical (unpaired) electrons. The summed E-state index contributed by atoms with van der Waals surface area (Å²) in [7, 11) is 0. The van der Waals surface area contributed by atoms with Crippen LogP contribution in [0.4, 0.5) is 0 Å². The zero-order valence-electron chi connectivity index (χ0n) is 14.1. The maximum absolute atomic E-state index is 11.6. The Bertz CT molecular complexity index is 213. The number of hydrogen-bond donors (Lipinski definition) is 0. The molecule has 0 aliphatic heterocycles. The van der Waals surface area contributed by atoms with Gasteiger partial charge in [-0.15, -0.1) is 0 Å². The third-order valence-corrected chi connectivity index (χ3v) is 3.78. The van der Waals surface area contributed by atoms with E-state index in [2.05, 4.69) is 13.8 Å². The van der Waals surface area contributed by atoms with Crippen LogP contribution in [0, 0.1) is 0 Å². The van der Waals surface area contributed by atoms with Crippen molar-refractivity contribution in [3.05, 3.63) is 0 Å². The van der Waals surface area contributed by atoms with Crippen molar-refractivity contribution in [1.29, 1.82) is 0 Å². The van der Waals surface area contributed by atoms with Gasteiger partial charge in [0.25, 0.3) is 0 Å². The molecule has 0 fully saturated rings. The SMILES string of the molecule is CCCCCCCCCCCC(=O)O[C@H](C)CCCC. The molecule has 2 heteroatoms. The lowest BCUT2D eigenvalue weighted by atomic mass is 10.1. The largest absolute Gasteiger partial charge is 0.463 e. The van der Waals surface area contributed by atoms with Gasteiger partial charge in [-0.3, -0.25) is 4.79 Å². The number of hydrogen-bond acceptors (Lipinski definition) is 2. The molecule has 0 N–H and O–H groups in total. The minimum atomic E-state index is -0.00320. The molecule has 20 heavy (non-hydrogen) atoms. The summed E-state index contributed by atoms with van der Waals surface area (Å²) in [4.78, 5) is 11.6. The first kappa shape index (κ1) is 19.5. The lowest BCUT2D eigenvalue weighted by molar-refractivity contribution is -0.148. The summed E-state index contributed by atoms with van der Waals surface area (Å²) in [6.45, 7) is 6.42. The predicted octanol–water partition coefficient (Wildman–Crippen LogP) is 6.03. The van der Waals surface area contributed by atoms with E-state index in [4.69, 9.17) is 4.74 Å². The number of unbranched alkanes of at least 4 members (excludes halogenated alkanes) is 9. The summed E-state index contributed by atoms with van der Waals surface area (Å²) in [5.41, 5.74) is 0. The van der Waals surface area contributed by atoms with E-state index >= 15 is 0 Å². The highest BCUT2D eigenvalue weighted by atomic mass is 16.5. The molecule has 120 valence electrons. The summed E-state index contributed by atoms with van der Waals surface area (Å²) in [6, 6.07) is 0. The van der Waals surface area contributed by atoms with Crippen LogP contribution in [-0.4, -0.2) is 12.1 Å². The van der Waals surface area contributed by atoms with Crippen molar-refractivity contribution < 1.29 is 9.53 Å². The van der Waals surface area contributed by atoms with Crippen LogP contribution in [0.15, 0.2) is 0 Å². The van der Waals surface area contributed by atoms with E-state index in [1.54, 1.807) is 0 Å². The van der Waals surface area contributed by atoms with Crippen molar-refractivity contribution in [2.24, 2.45) is 0 Å². The number of esters is 1. The normalized spacial score (nSPS) is 12.3. The zero-order valence-corrected chi connectivity index (χ0v) is 14.1. The lowest BCUT2D eigenvalue weighted by Gasteiger charge is -2.12. The van der Waals surface area contributed by atoms with Crippen molar-refractivity contribution in [2.75, 3.05) is 0 Å². The Morgan fingerprint density at radius 1 is 0.800 bits per heavy atom. The van der Waals surface area contributed by atoms with Crippen LogP contribution < -0.4 is 0 Å². The molecular formula is C18H36O2. The average molecular weight is 284 g/mol. The second-order valence-corrected chi connectivity index (χ2v) is 6.02. The Kier molecular flexibility index (Phi) is 14.5. The van der Waals surface area contributed by atoms with Crippen LogP contribution in [0.3, 0.4) is 0 Å². The standard InChI is InChI=1S/C18H36O2/c1-4-6-8-9-10-11-12-13-14-16-18(19)20-17(3)15-7-5-2/h17H,4-16H2,1-3H3/t17-/m1/s1. The van der Waals surface area contributed by atoms with Gasteiger partial charge in [-0.2, -0.15) is 0 Å². The van der Waals surface area contributed by atoms with Crippen LogP contribution in [0.25, 0.3) is 0 Å². The van der Waals surface area contributed by atoms with E-state index in [9.17, 15) is 4.79 Å². The Morgan fingerprint density at radius 2 is 1.30 bits per heavy atom. The van der Waals surface area contributed by atoms with Crippen molar-refractivity contribution in [2.45, 2.75) is 110 Å². The molecule has 0 aromatic rings. The van der Waals surface area contributed by atoms with E-state index in [1.165, 1.54) is 57.8 Å². The fourth-order valence-electron chi connectivity index (χ4n) is 2.41. The highest BCUT2D eigenvalue weighted by molar-refractivity contribution is 5.69. The van der Waals surface area contributed by atoms with Crippen LogP contribution >= 0.6 is 0 Å². The second-order valence-electron chi connectivity index (χ2n) is 6.02. The summed E-state index contributed by atoms with van der Waals surface area (Å²) < 4.78 is 5.39. The van der Waals surface area contributed by atoms with Crippen molar-refractivity contribution in [3.63, 3.8) is 0 Å². The number of carbonyl (C=O) groups is 1. The van der Waals surface area contributed by atoms with Gasteiger partial charge in [0.15, 0.2) is 0 Å². The number of ether oxygens (including phenoxy) is 1. The van der Waals surface area contributed by atoms with Gasteiger partial charge < -0.3 is 4.74 Å². The first-order valence-corrected chi connectivity index (χ1v) is 8.90. The average Bonchev–Trinajstić information content (AvgIpc) is 2.43. The molecule has 1 atom stereocenters. The van der Waals surface area contributed by atoms with Crippen LogP contribution in [0.5, 0.6) is 0 Å². The van der Waals surface area contributed by atoms with Gasteiger partial charge >= 0.3 is 5.97 Å². The molecule has 0 unspecified atom stereocenters. The topological polar surface area (TPSA) is 26.3 Å². The van der Waals surface area contributed by atoms with Crippen molar-refractivity contribution >= 4 is 5.97 Å².